The molecular formula is C23H18F5N3O3. The number of carbonyl (C=O) groups excluding carboxylic acids is 2. The van der Waals surface area contributed by atoms with Crippen LogP contribution in [-0.2, 0) is 11.0 Å². The summed E-state index contributed by atoms with van der Waals surface area (Å²) in [6.07, 6.45) is -4.75. The van der Waals surface area contributed by atoms with E-state index in [0.717, 1.165) is 42.5 Å². The van der Waals surface area contributed by atoms with Crippen molar-refractivity contribution in [3.63, 3.8) is 0 Å². The van der Waals surface area contributed by atoms with Gasteiger partial charge in [0.1, 0.15) is 29.2 Å². The predicted octanol–water partition coefficient (Wildman–Crippen LogP) is 4.82. The van der Waals surface area contributed by atoms with Crippen molar-refractivity contribution in [3.8, 4) is 11.5 Å². The van der Waals surface area contributed by atoms with Gasteiger partial charge in [0.2, 0.25) is 5.91 Å². The number of rotatable bonds is 6. The van der Waals surface area contributed by atoms with Crippen molar-refractivity contribution in [3.05, 3.63) is 88.5 Å². The summed E-state index contributed by atoms with van der Waals surface area (Å²) in [5.41, 5.74) is 9.00. The molecule has 0 saturated heterocycles. The number of amides is 2. The van der Waals surface area contributed by atoms with Gasteiger partial charge in [-0.05, 0) is 67.1 Å². The van der Waals surface area contributed by atoms with Crippen molar-refractivity contribution >= 4 is 17.5 Å². The molecule has 6 nitrogen and oxygen atoms in total. The molecule has 1 atom stereocenters. The highest BCUT2D eigenvalue weighted by atomic mass is 19.4. The average Bonchev–Trinajstić information content (AvgIpc) is 2.75. The summed E-state index contributed by atoms with van der Waals surface area (Å²) in [4.78, 5) is 24.2. The maximum Gasteiger partial charge on any atom is 0.416 e. The number of nitrogens with one attached hydrogen (secondary N) is 1. The second-order valence-electron chi connectivity index (χ2n) is 7.29. The lowest BCUT2D eigenvalue weighted by Gasteiger charge is -2.16. The SMILES string of the molecule is Cc1cc(F)ccc1Oc1ccc(C(F)(F)F)cc1C(=O)Nc1ccc(F)c(C(N)C(N)=O)c1. The minimum atomic E-state index is -4.75. The number of benzene rings is 3. The van der Waals surface area contributed by atoms with Crippen molar-refractivity contribution in [1.29, 1.82) is 0 Å². The zero-order chi connectivity index (χ0) is 25.2. The number of aryl methyl sites for hydroxylation is 1. The van der Waals surface area contributed by atoms with E-state index in [1.165, 1.54) is 13.0 Å². The molecule has 0 heterocycles. The molecule has 0 aliphatic heterocycles. The Kier molecular flexibility index (Phi) is 6.87. The third kappa shape index (κ3) is 5.49. The zero-order valence-corrected chi connectivity index (χ0v) is 17.5. The van der Waals surface area contributed by atoms with Crippen molar-refractivity contribution in [2.24, 2.45) is 11.5 Å². The van der Waals surface area contributed by atoms with E-state index in [0.29, 0.717) is 11.6 Å². The second-order valence-corrected chi connectivity index (χ2v) is 7.29. The van der Waals surface area contributed by atoms with Gasteiger partial charge in [0.25, 0.3) is 5.91 Å². The van der Waals surface area contributed by atoms with E-state index in [2.05, 4.69) is 5.32 Å². The molecule has 0 radical (unpaired) electrons. The lowest BCUT2D eigenvalue weighted by molar-refractivity contribution is -0.137. The highest BCUT2D eigenvalue weighted by Crippen LogP contribution is 2.35. The molecule has 0 aliphatic rings. The van der Waals surface area contributed by atoms with Crippen LogP contribution in [-0.4, -0.2) is 11.8 Å². The Morgan fingerprint density at radius 1 is 0.971 bits per heavy atom. The predicted molar refractivity (Wildman–Crippen MR) is 113 cm³/mol. The van der Waals surface area contributed by atoms with E-state index in [-0.39, 0.29) is 22.7 Å². The van der Waals surface area contributed by atoms with E-state index in [1.807, 2.05) is 0 Å². The molecule has 178 valence electrons. The van der Waals surface area contributed by atoms with Crippen LogP contribution in [0.1, 0.15) is 33.1 Å². The molecule has 0 spiro atoms. The van der Waals surface area contributed by atoms with Gasteiger partial charge < -0.3 is 21.5 Å². The monoisotopic (exact) mass is 479 g/mol. The summed E-state index contributed by atoms with van der Waals surface area (Å²) in [6, 6.07) is 7.36. The van der Waals surface area contributed by atoms with Crippen molar-refractivity contribution in [1.82, 2.24) is 0 Å². The fourth-order valence-corrected chi connectivity index (χ4v) is 3.03. The summed E-state index contributed by atoms with van der Waals surface area (Å²) < 4.78 is 72.8. The van der Waals surface area contributed by atoms with E-state index >= 15 is 0 Å². The molecule has 2 amide bonds. The minimum absolute atomic E-state index is 0.0561. The number of anilines is 1. The van der Waals surface area contributed by atoms with Gasteiger partial charge in [-0.1, -0.05) is 0 Å². The topological polar surface area (TPSA) is 107 Å². The standard InChI is InChI=1S/C23H18F5N3O3/c1-11-8-13(24)3-7-18(11)34-19-6-2-12(23(26,27)28)9-16(19)22(33)31-14-4-5-17(25)15(10-14)20(29)21(30)32/h2-10,20H,29H2,1H3,(H2,30,32)(H,31,33). The lowest BCUT2D eigenvalue weighted by Crippen LogP contribution is -2.29. The van der Waals surface area contributed by atoms with Gasteiger partial charge >= 0.3 is 6.18 Å². The van der Waals surface area contributed by atoms with Crippen molar-refractivity contribution < 1.29 is 36.3 Å². The Bertz CT molecular complexity index is 1260. The number of alkyl halides is 3. The molecule has 3 aromatic rings. The summed E-state index contributed by atoms with van der Waals surface area (Å²) in [6.45, 7) is 1.52. The first kappa shape index (κ1) is 24.6. The normalized spacial score (nSPS) is 12.2. The molecule has 0 bridgehead atoms. The number of hydrogen-bond acceptors (Lipinski definition) is 4. The van der Waals surface area contributed by atoms with Gasteiger partial charge in [0, 0.05) is 11.3 Å². The van der Waals surface area contributed by atoms with Crippen LogP contribution in [0.5, 0.6) is 11.5 Å². The minimum Gasteiger partial charge on any atom is -0.456 e. The molecule has 5 N–H and O–H groups in total. The summed E-state index contributed by atoms with van der Waals surface area (Å²) >= 11 is 0. The van der Waals surface area contributed by atoms with Crippen LogP contribution in [0.15, 0.2) is 54.6 Å². The summed E-state index contributed by atoms with van der Waals surface area (Å²) in [5.74, 6) is -3.57. The molecule has 11 heteroatoms. The Balaban J connectivity index is 2.00. The van der Waals surface area contributed by atoms with Crippen LogP contribution in [0.25, 0.3) is 0 Å². The lowest BCUT2D eigenvalue weighted by atomic mass is 10.0. The quantitative estimate of drug-likeness (QED) is 0.441. The Labute approximate surface area is 190 Å². The first-order valence-electron chi connectivity index (χ1n) is 9.67. The van der Waals surface area contributed by atoms with Crippen LogP contribution in [0.2, 0.25) is 0 Å². The van der Waals surface area contributed by atoms with Gasteiger partial charge in [-0.25, -0.2) is 8.78 Å². The van der Waals surface area contributed by atoms with Crippen LogP contribution in [0, 0.1) is 18.6 Å². The van der Waals surface area contributed by atoms with E-state index in [4.69, 9.17) is 16.2 Å². The molecule has 3 rings (SSSR count). The van der Waals surface area contributed by atoms with E-state index in [9.17, 15) is 31.5 Å². The molecule has 1 unspecified atom stereocenters. The van der Waals surface area contributed by atoms with Gasteiger partial charge in [-0.15, -0.1) is 0 Å². The van der Waals surface area contributed by atoms with Crippen molar-refractivity contribution in [2.45, 2.75) is 19.1 Å². The first-order chi connectivity index (χ1) is 15.9. The fourth-order valence-electron chi connectivity index (χ4n) is 3.03. The molecule has 34 heavy (non-hydrogen) atoms. The zero-order valence-electron chi connectivity index (χ0n) is 17.5. The van der Waals surface area contributed by atoms with Crippen LogP contribution in [0.4, 0.5) is 27.6 Å². The molecule has 3 aromatic carbocycles. The fraction of sp³-hybridized carbons (Fsp3) is 0.130. The first-order valence-corrected chi connectivity index (χ1v) is 9.67. The van der Waals surface area contributed by atoms with E-state index < -0.39 is 46.8 Å². The number of halogens is 5. The van der Waals surface area contributed by atoms with E-state index in [1.54, 1.807) is 0 Å². The number of carbonyl (C=O) groups is 2. The van der Waals surface area contributed by atoms with Gasteiger partial charge in [-0.2, -0.15) is 13.2 Å². The highest BCUT2D eigenvalue weighted by molar-refractivity contribution is 6.06. The Morgan fingerprint density at radius 2 is 1.65 bits per heavy atom. The molecule has 0 aliphatic carbocycles. The van der Waals surface area contributed by atoms with Gasteiger partial charge in [0.05, 0.1) is 11.1 Å². The van der Waals surface area contributed by atoms with Gasteiger partial charge in [0.15, 0.2) is 0 Å². The maximum atomic E-state index is 14.0. The average molecular weight is 479 g/mol. The Hall–Kier alpha value is -3.99. The molecule has 0 aromatic heterocycles. The number of hydrogen-bond donors (Lipinski definition) is 3. The largest absolute Gasteiger partial charge is 0.456 e. The van der Waals surface area contributed by atoms with Gasteiger partial charge in [-0.3, -0.25) is 9.59 Å². The second kappa shape index (κ2) is 9.48. The Morgan fingerprint density at radius 3 is 2.26 bits per heavy atom. The summed E-state index contributed by atoms with van der Waals surface area (Å²) in [7, 11) is 0. The van der Waals surface area contributed by atoms with Crippen LogP contribution in [0.3, 0.4) is 0 Å². The molecule has 0 fully saturated rings. The third-order valence-electron chi connectivity index (χ3n) is 4.80. The molecule has 0 saturated carbocycles. The number of ether oxygens (including phenoxy) is 1. The van der Waals surface area contributed by atoms with Crippen LogP contribution >= 0.6 is 0 Å². The maximum absolute atomic E-state index is 14.0. The smallest absolute Gasteiger partial charge is 0.416 e. The van der Waals surface area contributed by atoms with Crippen LogP contribution < -0.4 is 21.5 Å². The van der Waals surface area contributed by atoms with Crippen molar-refractivity contribution in [2.75, 3.05) is 5.32 Å². The third-order valence-corrected chi connectivity index (χ3v) is 4.80. The number of nitrogens with two attached hydrogens (primary N) is 2. The molecular weight excluding hydrogens is 461 g/mol. The number of primary amides is 1. The summed E-state index contributed by atoms with van der Waals surface area (Å²) in [5, 5.41) is 2.33. The highest BCUT2D eigenvalue weighted by Gasteiger charge is 2.32.